The highest BCUT2D eigenvalue weighted by Crippen LogP contribution is 2.42. The third-order valence-corrected chi connectivity index (χ3v) is 5.37. The Labute approximate surface area is 157 Å². The van der Waals surface area contributed by atoms with Crippen LogP contribution < -0.4 is 10.1 Å². The van der Waals surface area contributed by atoms with E-state index >= 15 is 0 Å². The first kappa shape index (κ1) is 17.5. The fourth-order valence-electron chi connectivity index (χ4n) is 4.08. The van der Waals surface area contributed by atoms with Crippen LogP contribution in [0, 0.1) is 5.82 Å². The average molecular weight is 365 g/mol. The second kappa shape index (κ2) is 6.99. The van der Waals surface area contributed by atoms with Crippen LogP contribution in [0.25, 0.3) is 0 Å². The third kappa shape index (κ3) is 3.37. The van der Waals surface area contributed by atoms with E-state index in [1.54, 1.807) is 19.2 Å². The highest BCUT2D eigenvalue weighted by atomic mass is 19.1. The SMILES string of the molecule is COc1ccc(C2CC(=O)C3=C(C2)NC(=O)CC3c2cccc(F)c2)cc1. The van der Waals surface area contributed by atoms with Crippen LogP contribution >= 0.6 is 0 Å². The van der Waals surface area contributed by atoms with Gasteiger partial charge in [0.15, 0.2) is 5.78 Å². The molecule has 2 aromatic carbocycles. The number of methoxy groups -OCH3 is 1. The summed E-state index contributed by atoms with van der Waals surface area (Å²) >= 11 is 0. The number of benzene rings is 2. The number of amides is 1. The Bertz CT molecular complexity index is 933. The van der Waals surface area contributed by atoms with Gasteiger partial charge < -0.3 is 10.1 Å². The first-order chi connectivity index (χ1) is 13.0. The molecule has 0 bridgehead atoms. The Morgan fingerprint density at radius 3 is 2.48 bits per heavy atom. The maximum Gasteiger partial charge on any atom is 0.225 e. The summed E-state index contributed by atoms with van der Waals surface area (Å²) in [6.07, 6.45) is 1.14. The van der Waals surface area contributed by atoms with Gasteiger partial charge in [0.05, 0.1) is 7.11 Å². The zero-order chi connectivity index (χ0) is 19.0. The molecule has 1 amide bonds. The predicted molar refractivity (Wildman–Crippen MR) is 98.9 cm³/mol. The Kier molecular flexibility index (Phi) is 4.52. The van der Waals surface area contributed by atoms with Crippen molar-refractivity contribution >= 4 is 11.7 Å². The molecule has 4 rings (SSSR count). The van der Waals surface area contributed by atoms with Gasteiger partial charge in [-0.3, -0.25) is 9.59 Å². The zero-order valence-electron chi connectivity index (χ0n) is 15.0. The van der Waals surface area contributed by atoms with Crippen molar-refractivity contribution in [2.24, 2.45) is 0 Å². The van der Waals surface area contributed by atoms with Crippen LogP contribution in [-0.2, 0) is 9.59 Å². The number of Topliss-reactive ketones (excluding diaryl/α,β-unsaturated/α-hetero) is 1. The molecular formula is C22H20FNO3. The molecule has 1 heterocycles. The van der Waals surface area contributed by atoms with Crippen molar-refractivity contribution in [3.63, 3.8) is 0 Å². The van der Waals surface area contributed by atoms with Crippen molar-refractivity contribution in [1.29, 1.82) is 0 Å². The minimum atomic E-state index is -0.381. The van der Waals surface area contributed by atoms with Crippen molar-refractivity contribution in [3.8, 4) is 5.75 Å². The van der Waals surface area contributed by atoms with Crippen LogP contribution in [0.1, 0.15) is 42.2 Å². The molecule has 0 fully saturated rings. The molecule has 2 aliphatic rings. The lowest BCUT2D eigenvalue weighted by Gasteiger charge is -2.34. The van der Waals surface area contributed by atoms with E-state index in [1.165, 1.54) is 12.1 Å². The molecule has 1 aliphatic heterocycles. The lowest BCUT2D eigenvalue weighted by molar-refractivity contribution is -0.122. The molecule has 2 atom stereocenters. The molecule has 0 spiro atoms. The van der Waals surface area contributed by atoms with Crippen LogP contribution in [-0.4, -0.2) is 18.8 Å². The van der Waals surface area contributed by atoms with Gasteiger partial charge in [-0.1, -0.05) is 24.3 Å². The third-order valence-electron chi connectivity index (χ3n) is 5.37. The molecule has 0 radical (unpaired) electrons. The Balaban J connectivity index is 1.68. The summed E-state index contributed by atoms with van der Waals surface area (Å²) in [4.78, 5) is 25.2. The van der Waals surface area contributed by atoms with Gasteiger partial charge >= 0.3 is 0 Å². The lowest BCUT2D eigenvalue weighted by Crippen LogP contribution is -2.38. The van der Waals surface area contributed by atoms with Gasteiger partial charge in [0.2, 0.25) is 5.91 Å². The summed E-state index contributed by atoms with van der Waals surface area (Å²) in [5, 5.41) is 2.89. The summed E-state index contributed by atoms with van der Waals surface area (Å²) in [7, 11) is 1.61. The molecule has 1 N–H and O–H groups in total. The van der Waals surface area contributed by atoms with Crippen LogP contribution in [0.15, 0.2) is 59.8 Å². The number of hydrogen-bond acceptors (Lipinski definition) is 3. The molecule has 4 nitrogen and oxygen atoms in total. The van der Waals surface area contributed by atoms with Crippen molar-refractivity contribution in [1.82, 2.24) is 5.32 Å². The van der Waals surface area contributed by atoms with Crippen LogP contribution in [0.4, 0.5) is 4.39 Å². The smallest absolute Gasteiger partial charge is 0.225 e. The number of hydrogen-bond donors (Lipinski definition) is 1. The van der Waals surface area contributed by atoms with Crippen molar-refractivity contribution in [3.05, 3.63) is 76.7 Å². The summed E-state index contributed by atoms with van der Waals surface area (Å²) in [5.74, 6) is -0.0852. The van der Waals surface area contributed by atoms with E-state index < -0.39 is 0 Å². The number of halogens is 1. The number of rotatable bonds is 3. The number of nitrogens with one attached hydrogen (secondary N) is 1. The van der Waals surface area contributed by atoms with Gasteiger partial charge in [0.25, 0.3) is 0 Å². The highest BCUT2D eigenvalue weighted by Gasteiger charge is 2.38. The molecule has 2 unspecified atom stereocenters. The van der Waals surface area contributed by atoms with E-state index in [0.717, 1.165) is 11.3 Å². The molecule has 1 aliphatic carbocycles. The molecule has 5 heteroatoms. The van der Waals surface area contributed by atoms with Gasteiger partial charge in [-0.25, -0.2) is 4.39 Å². The van der Waals surface area contributed by atoms with Gasteiger partial charge in [-0.15, -0.1) is 0 Å². The van der Waals surface area contributed by atoms with Crippen molar-refractivity contribution < 1.29 is 18.7 Å². The topological polar surface area (TPSA) is 55.4 Å². The fourth-order valence-corrected chi connectivity index (χ4v) is 4.08. The first-order valence-electron chi connectivity index (χ1n) is 9.00. The van der Waals surface area contributed by atoms with E-state index in [2.05, 4.69) is 5.32 Å². The number of ketones is 1. The first-order valence-corrected chi connectivity index (χ1v) is 9.00. The van der Waals surface area contributed by atoms with Crippen molar-refractivity contribution in [2.75, 3.05) is 7.11 Å². The fraction of sp³-hybridized carbons (Fsp3) is 0.273. The maximum absolute atomic E-state index is 13.7. The van der Waals surface area contributed by atoms with E-state index in [4.69, 9.17) is 4.74 Å². The largest absolute Gasteiger partial charge is 0.497 e. The molecule has 27 heavy (non-hydrogen) atoms. The highest BCUT2D eigenvalue weighted by molar-refractivity contribution is 6.02. The van der Waals surface area contributed by atoms with Crippen LogP contribution in [0.2, 0.25) is 0 Å². The minimum Gasteiger partial charge on any atom is -0.497 e. The number of allylic oxidation sites excluding steroid dienone is 2. The molecule has 0 saturated carbocycles. The second-order valence-corrected chi connectivity index (χ2v) is 7.05. The van der Waals surface area contributed by atoms with Crippen LogP contribution in [0.5, 0.6) is 5.75 Å². The van der Waals surface area contributed by atoms with Gasteiger partial charge in [-0.2, -0.15) is 0 Å². The van der Waals surface area contributed by atoms with Crippen molar-refractivity contribution in [2.45, 2.75) is 31.1 Å². The number of ether oxygens (including phenoxy) is 1. The predicted octanol–water partition coefficient (Wildman–Crippen LogP) is 3.84. The summed E-state index contributed by atoms with van der Waals surface area (Å²) < 4.78 is 18.9. The average Bonchev–Trinajstić information content (AvgIpc) is 2.67. The Morgan fingerprint density at radius 2 is 1.78 bits per heavy atom. The molecular weight excluding hydrogens is 345 g/mol. The number of carbonyl (C=O) groups excluding carboxylic acids is 2. The Hall–Kier alpha value is -2.95. The van der Waals surface area contributed by atoms with Gasteiger partial charge in [0, 0.05) is 30.0 Å². The number of carbonyl (C=O) groups is 2. The van der Waals surface area contributed by atoms with Gasteiger partial charge in [0.1, 0.15) is 11.6 Å². The summed E-state index contributed by atoms with van der Waals surface area (Å²) in [6, 6.07) is 13.8. The zero-order valence-corrected chi connectivity index (χ0v) is 15.0. The van der Waals surface area contributed by atoms with E-state index in [9.17, 15) is 14.0 Å². The Morgan fingerprint density at radius 1 is 1.00 bits per heavy atom. The molecule has 0 aromatic heterocycles. The van der Waals surface area contributed by atoms with E-state index in [1.807, 2.05) is 24.3 Å². The van der Waals surface area contributed by atoms with Crippen LogP contribution in [0.3, 0.4) is 0 Å². The van der Waals surface area contributed by atoms with E-state index in [-0.39, 0.29) is 35.8 Å². The molecule has 2 aromatic rings. The minimum absolute atomic E-state index is 0.00807. The molecule has 138 valence electrons. The van der Waals surface area contributed by atoms with Gasteiger partial charge in [-0.05, 0) is 47.7 Å². The normalized spacial score (nSPS) is 22.3. The lowest BCUT2D eigenvalue weighted by atomic mass is 9.73. The standard InChI is InChI=1S/C22H20FNO3/c1-27-17-7-5-13(6-8-17)15-10-19-22(20(25)11-15)18(12-21(26)24-19)14-3-2-4-16(23)9-14/h2-9,15,18H,10-12H2,1H3,(H,24,26). The summed E-state index contributed by atoms with van der Waals surface area (Å²) in [6.45, 7) is 0. The van der Waals surface area contributed by atoms with E-state index in [0.29, 0.717) is 29.7 Å². The molecule has 0 saturated heterocycles. The maximum atomic E-state index is 13.7. The second-order valence-electron chi connectivity index (χ2n) is 7.05. The summed E-state index contributed by atoms with van der Waals surface area (Å²) in [5.41, 5.74) is 3.02. The quantitative estimate of drug-likeness (QED) is 0.899. The monoisotopic (exact) mass is 365 g/mol.